The van der Waals surface area contributed by atoms with E-state index in [9.17, 15) is 0 Å². The van der Waals surface area contributed by atoms with Gasteiger partial charge < -0.3 is 4.74 Å². The van der Waals surface area contributed by atoms with Gasteiger partial charge in [0.25, 0.3) is 0 Å². The van der Waals surface area contributed by atoms with Crippen molar-refractivity contribution in [2.75, 3.05) is 6.61 Å². The van der Waals surface area contributed by atoms with Gasteiger partial charge in [0.05, 0.1) is 6.61 Å². The van der Waals surface area contributed by atoms with Crippen molar-refractivity contribution in [3.8, 4) is 0 Å². The average Bonchev–Trinajstić information content (AvgIpc) is 2.29. The van der Waals surface area contributed by atoms with Gasteiger partial charge in [-0.2, -0.15) is 0 Å². The Labute approximate surface area is 96.5 Å². The topological polar surface area (TPSA) is 9.23 Å². The molecule has 0 saturated carbocycles. The van der Waals surface area contributed by atoms with Crippen LogP contribution in [0.2, 0.25) is 0 Å². The maximum atomic E-state index is 5.71. The summed E-state index contributed by atoms with van der Waals surface area (Å²) in [5.41, 5.74) is 0.253. The zero-order valence-corrected chi connectivity index (χ0v) is 10.2. The zero-order valence-electron chi connectivity index (χ0n) is 9.35. The number of thioether (sulfide) groups is 1. The molecule has 15 heavy (non-hydrogen) atoms. The Kier molecular flexibility index (Phi) is 6.21. The molecule has 0 saturated heterocycles. The number of hydrogen-bond acceptors (Lipinski definition) is 2. The second-order valence-corrected chi connectivity index (χ2v) is 4.40. The lowest BCUT2D eigenvalue weighted by atomic mass is 10.4. The summed E-state index contributed by atoms with van der Waals surface area (Å²) in [4.78, 5) is 1.27. The molecule has 0 aromatic heterocycles. The quantitative estimate of drug-likeness (QED) is 0.407. The first-order chi connectivity index (χ1) is 7.36. The fourth-order valence-electron chi connectivity index (χ4n) is 1.15. The van der Waals surface area contributed by atoms with Crippen LogP contribution in [-0.2, 0) is 4.74 Å². The highest BCUT2D eigenvalue weighted by Gasteiger charge is 2.06. The number of ether oxygens (including phenoxy) is 1. The van der Waals surface area contributed by atoms with Crippen LogP contribution >= 0.6 is 11.8 Å². The molecule has 0 aliphatic heterocycles. The monoisotopic (exact) mass is 222 g/mol. The molecule has 0 radical (unpaired) electrons. The molecular weight excluding hydrogens is 204 g/mol. The first kappa shape index (κ1) is 12.3. The lowest BCUT2D eigenvalue weighted by Gasteiger charge is -2.14. The molecule has 0 amide bonds. The molecule has 0 aliphatic rings. The molecule has 1 aromatic carbocycles. The van der Waals surface area contributed by atoms with Crippen molar-refractivity contribution >= 4 is 11.8 Å². The van der Waals surface area contributed by atoms with E-state index in [-0.39, 0.29) is 5.44 Å². The maximum Gasteiger partial charge on any atom is 0.107 e. The Hall–Kier alpha value is -0.730. The van der Waals surface area contributed by atoms with E-state index in [1.165, 1.54) is 4.90 Å². The number of hydrogen-bond donors (Lipinski definition) is 0. The van der Waals surface area contributed by atoms with Crippen LogP contribution in [0.25, 0.3) is 0 Å². The third-order valence-electron chi connectivity index (χ3n) is 1.96. The molecule has 0 aliphatic carbocycles. The van der Waals surface area contributed by atoms with E-state index in [1.54, 1.807) is 11.8 Å². The second-order valence-electron chi connectivity index (χ2n) is 3.17. The first-order valence-electron chi connectivity index (χ1n) is 5.31. The van der Waals surface area contributed by atoms with Crippen molar-refractivity contribution < 1.29 is 4.74 Å². The van der Waals surface area contributed by atoms with E-state index < -0.39 is 0 Å². The van der Waals surface area contributed by atoms with E-state index >= 15 is 0 Å². The SMILES string of the molecule is C/C=C\COC(CC)Sc1ccccc1. The highest BCUT2D eigenvalue weighted by Crippen LogP contribution is 2.25. The van der Waals surface area contributed by atoms with Crippen LogP contribution in [0.3, 0.4) is 0 Å². The molecule has 2 heteroatoms. The maximum absolute atomic E-state index is 5.71. The van der Waals surface area contributed by atoms with E-state index in [0.29, 0.717) is 6.61 Å². The summed E-state index contributed by atoms with van der Waals surface area (Å²) in [5.74, 6) is 0. The summed E-state index contributed by atoms with van der Waals surface area (Å²) >= 11 is 1.78. The van der Waals surface area contributed by atoms with Gasteiger partial charge in [-0.05, 0) is 25.5 Å². The van der Waals surface area contributed by atoms with Gasteiger partial charge in [-0.15, -0.1) is 0 Å². The fraction of sp³-hybridized carbons (Fsp3) is 0.385. The average molecular weight is 222 g/mol. The summed E-state index contributed by atoms with van der Waals surface area (Å²) in [5, 5.41) is 0. The lowest BCUT2D eigenvalue weighted by molar-refractivity contribution is 0.136. The lowest BCUT2D eigenvalue weighted by Crippen LogP contribution is -2.06. The largest absolute Gasteiger partial charge is 0.363 e. The van der Waals surface area contributed by atoms with Crippen LogP contribution in [0.5, 0.6) is 0 Å². The minimum absolute atomic E-state index is 0.253. The Bertz CT molecular complexity index is 282. The van der Waals surface area contributed by atoms with Crippen LogP contribution in [0.4, 0.5) is 0 Å². The number of allylic oxidation sites excluding steroid dienone is 1. The minimum Gasteiger partial charge on any atom is -0.363 e. The first-order valence-corrected chi connectivity index (χ1v) is 6.19. The van der Waals surface area contributed by atoms with Crippen molar-refractivity contribution in [2.24, 2.45) is 0 Å². The van der Waals surface area contributed by atoms with Crippen LogP contribution in [0.1, 0.15) is 20.3 Å². The third kappa shape index (κ3) is 5.05. The van der Waals surface area contributed by atoms with Crippen molar-refractivity contribution in [1.82, 2.24) is 0 Å². The van der Waals surface area contributed by atoms with E-state index in [4.69, 9.17) is 4.74 Å². The molecule has 0 spiro atoms. The van der Waals surface area contributed by atoms with Gasteiger partial charge in [0.1, 0.15) is 5.44 Å². The predicted octanol–water partition coefficient (Wildman–Crippen LogP) is 4.11. The van der Waals surface area contributed by atoms with E-state index in [2.05, 4.69) is 31.2 Å². The molecular formula is C13H18OS. The van der Waals surface area contributed by atoms with Crippen LogP contribution in [-0.4, -0.2) is 12.0 Å². The molecule has 1 rings (SSSR count). The van der Waals surface area contributed by atoms with Gasteiger partial charge in [-0.1, -0.05) is 49.0 Å². The van der Waals surface area contributed by atoms with Crippen molar-refractivity contribution in [3.05, 3.63) is 42.5 Å². The van der Waals surface area contributed by atoms with Crippen LogP contribution in [0, 0.1) is 0 Å². The molecule has 0 fully saturated rings. The summed E-state index contributed by atoms with van der Waals surface area (Å²) in [6.07, 6.45) is 5.07. The molecule has 1 aromatic rings. The van der Waals surface area contributed by atoms with Gasteiger partial charge in [0.15, 0.2) is 0 Å². The predicted molar refractivity (Wildman–Crippen MR) is 67.1 cm³/mol. The smallest absolute Gasteiger partial charge is 0.107 e. The Morgan fingerprint density at radius 3 is 2.67 bits per heavy atom. The standard InChI is InChI=1S/C13H18OS/c1-3-5-11-14-13(4-2)15-12-9-7-6-8-10-12/h3,5-10,13H,4,11H2,1-2H3/b5-3-. The van der Waals surface area contributed by atoms with Crippen LogP contribution < -0.4 is 0 Å². The van der Waals surface area contributed by atoms with Crippen molar-refractivity contribution in [1.29, 1.82) is 0 Å². The highest BCUT2D eigenvalue weighted by atomic mass is 32.2. The Morgan fingerprint density at radius 2 is 2.07 bits per heavy atom. The van der Waals surface area contributed by atoms with Crippen molar-refractivity contribution in [3.63, 3.8) is 0 Å². The van der Waals surface area contributed by atoms with Gasteiger partial charge in [0, 0.05) is 4.90 Å². The molecule has 82 valence electrons. The summed E-state index contributed by atoms with van der Waals surface area (Å²) in [7, 11) is 0. The molecule has 0 bridgehead atoms. The van der Waals surface area contributed by atoms with Crippen molar-refractivity contribution in [2.45, 2.75) is 30.6 Å². The molecule has 1 atom stereocenters. The highest BCUT2D eigenvalue weighted by molar-refractivity contribution is 7.99. The minimum atomic E-state index is 0.253. The molecule has 1 unspecified atom stereocenters. The van der Waals surface area contributed by atoms with Gasteiger partial charge in [-0.3, -0.25) is 0 Å². The van der Waals surface area contributed by atoms with E-state index in [0.717, 1.165) is 6.42 Å². The summed E-state index contributed by atoms with van der Waals surface area (Å²) in [6, 6.07) is 10.4. The van der Waals surface area contributed by atoms with Gasteiger partial charge >= 0.3 is 0 Å². The fourth-order valence-corrected chi connectivity index (χ4v) is 2.08. The normalized spacial score (nSPS) is 13.2. The Morgan fingerprint density at radius 1 is 1.33 bits per heavy atom. The van der Waals surface area contributed by atoms with Gasteiger partial charge in [0.2, 0.25) is 0 Å². The molecule has 0 N–H and O–H groups in total. The van der Waals surface area contributed by atoms with Crippen LogP contribution in [0.15, 0.2) is 47.4 Å². The number of benzene rings is 1. The molecule has 1 nitrogen and oxygen atoms in total. The Balaban J connectivity index is 2.40. The third-order valence-corrected chi connectivity index (χ3v) is 3.23. The zero-order chi connectivity index (χ0) is 10.9. The van der Waals surface area contributed by atoms with E-state index in [1.807, 2.05) is 25.1 Å². The molecule has 0 heterocycles. The van der Waals surface area contributed by atoms with Gasteiger partial charge in [-0.25, -0.2) is 0 Å². The summed E-state index contributed by atoms with van der Waals surface area (Å²) in [6.45, 7) is 4.86. The number of rotatable bonds is 6. The summed E-state index contributed by atoms with van der Waals surface area (Å²) < 4.78 is 5.71. The second kappa shape index (κ2) is 7.55.